The Morgan fingerprint density at radius 3 is 2.65 bits per heavy atom. The molecule has 1 aromatic carbocycles. The number of likely N-dealkylation sites (N-methyl/N-ethyl adjacent to an activating group) is 1. The predicted octanol–water partition coefficient (Wildman–Crippen LogP) is 1.78. The Kier molecular flexibility index (Phi) is 6.51. The molecule has 0 saturated carbocycles. The van der Waals surface area contributed by atoms with Gasteiger partial charge in [-0.2, -0.15) is 0 Å². The topological polar surface area (TPSA) is 67.4 Å². The van der Waals surface area contributed by atoms with Gasteiger partial charge >= 0.3 is 0 Å². The maximum absolute atomic E-state index is 11.8. The molecule has 110 valence electrons. The van der Waals surface area contributed by atoms with Gasteiger partial charge in [-0.25, -0.2) is 0 Å². The molecule has 1 aromatic rings. The summed E-state index contributed by atoms with van der Waals surface area (Å²) in [7, 11) is 0. The normalized spacial score (nSPS) is 11.6. The first kappa shape index (κ1) is 16.5. The number of nitrogens with one attached hydrogen (secondary N) is 2. The van der Waals surface area contributed by atoms with E-state index in [0.717, 1.165) is 10.0 Å². The molecule has 0 aliphatic heterocycles. The zero-order valence-electron chi connectivity index (χ0n) is 11.8. The lowest BCUT2D eigenvalue weighted by atomic mass is 10.2. The minimum atomic E-state index is -0.677. The second-order valence-electron chi connectivity index (χ2n) is 4.37. The van der Waals surface area contributed by atoms with E-state index in [2.05, 4.69) is 26.6 Å². The van der Waals surface area contributed by atoms with E-state index in [9.17, 15) is 9.59 Å². The van der Waals surface area contributed by atoms with E-state index >= 15 is 0 Å². The van der Waals surface area contributed by atoms with Gasteiger partial charge in [-0.3, -0.25) is 9.59 Å². The first-order valence-corrected chi connectivity index (χ1v) is 7.20. The highest BCUT2D eigenvalue weighted by atomic mass is 79.9. The molecular formula is C14H19BrN2O3. The van der Waals surface area contributed by atoms with Crippen molar-refractivity contribution in [2.45, 2.75) is 26.9 Å². The summed E-state index contributed by atoms with van der Waals surface area (Å²) >= 11 is 3.39. The number of amides is 2. The standard InChI is InChI=1S/C14H19BrN2O3/c1-4-16-13(18)8-17-14(19)10(3)20-12-6-5-9(2)7-11(12)15/h5-7,10H,4,8H2,1-3H3,(H,16,18)(H,17,19). The van der Waals surface area contributed by atoms with E-state index in [0.29, 0.717) is 12.3 Å². The highest BCUT2D eigenvalue weighted by Gasteiger charge is 2.16. The molecule has 1 rings (SSSR count). The maximum Gasteiger partial charge on any atom is 0.261 e. The lowest BCUT2D eigenvalue weighted by Crippen LogP contribution is -2.42. The van der Waals surface area contributed by atoms with Gasteiger partial charge in [0.05, 0.1) is 11.0 Å². The molecule has 1 unspecified atom stereocenters. The van der Waals surface area contributed by atoms with Crippen LogP contribution in [0.25, 0.3) is 0 Å². The van der Waals surface area contributed by atoms with Crippen LogP contribution < -0.4 is 15.4 Å². The van der Waals surface area contributed by atoms with E-state index in [1.165, 1.54) is 0 Å². The third-order valence-corrected chi connectivity index (χ3v) is 3.18. The van der Waals surface area contributed by atoms with E-state index in [-0.39, 0.29) is 18.4 Å². The van der Waals surface area contributed by atoms with Crippen molar-refractivity contribution in [1.82, 2.24) is 10.6 Å². The fourth-order valence-electron chi connectivity index (χ4n) is 1.52. The largest absolute Gasteiger partial charge is 0.480 e. The molecule has 5 nitrogen and oxygen atoms in total. The van der Waals surface area contributed by atoms with Crippen molar-refractivity contribution in [3.63, 3.8) is 0 Å². The van der Waals surface area contributed by atoms with Crippen molar-refractivity contribution in [2.24, 2.45) is 0 Å². The molecule has 0 fully saturated rings. The summed E-state index contributed by atoms with van der Waals surface area (Å²) in [5, 5.41) is 5.13. The first-order valence-electron chi connectivity index (χ1n) is 6.41. The van der Waals surface area contributed by atoms with Crippen LogP contribution in [0.5, 0.6) is 5.75 Å². The minimum absolute atomic E-state index is 0.0462. The van der Waals surface area contributed by atoms with Gasteiger partial charge in [-0.05, 0) is 54.4 Å². The molecule has 0 heterocycles. The predicted molar refractivity (Wildman–Crippen MR) is 80.7 cm³/mol. The van der Waals surface area contributed by atoms with Crippen LogP contribution in [0.3, 0.4) is 0 Å². The zero-order valence-corrected chi connectivity index (χ0v) is 13.4. The van der Waals surface area contributed by atoms with Crippen LogP contribution in [-0.2, 0) is 9.59 Å². The van der Waals surface area contributed by atoms with Crippen LogP contribution in [-0.4, -0.2) is 31.0 Å². The third-order valence-electron chi connectivity index (χ3n) is 2.56. The van der Waals surface area contributed by atoms with Gasteiger partial charge in [0.2, 0.25) is 5.91 Å². The van der Waals surface area contributed by atoms with Crippen LogP contribution in [0.2, 0.25) is 0 Å². The SMILES string of the molecule is CCNC(=O)CNC(=O)C(C)Oc1ccc(C)cc1Br. The van der Waals surface area contributed by atoms with Gasteiger partial charge in [0.15, 0.2) is 6.10 Å². The molecule has 0 bridgehead atoms. The van der Waals surface area contributed by atoms with Crippen molar-refractivity contribution in [3.05, 3.63) is 28.2 Å². The van der Waals surface area contributed by atoms with E-state index < -0.39 is 6.10 Å². The van der Waals surface area contributed by atoms with Crippen LogP contribution >= 0.6 is 15.9 Å². The second kappa shape index (κ2) is 7.89. The van der Waals surface area contributed by atoms with Crippen molar-refractivity contribution in [3.8, 4) is 5.75 Å². The number of halogens is 1. The Morgan fingerprint density at radius 2 is 2.05 bits per heavy atom. The lowest BCUT2D eigenvalue weighted by molar-refractivity contribution is -0.130. The zero-order chi connectivity index (χ0) is 15.1. The Labute approximate surface area is 127 Å². The van der Waals surface area contributed by atoms with Gasteiger partial charge in [-0.15, -0.1) is 0 Å². The molecule has 6 heteroatoms. The number of hydrogen-bond acceptors (Lipinski definition) is 3. The summed E-state index contributed by atoms with van der Waals surface area (Å²) < 4.78 is 6.36. The molecule has 0 aliphatic rings. The van der Waals surface area contributed by atoms with Gasteiger partial charge in [0.25, 0.3) is 5.91 Å². The summed E-state index contributed by atoms with van der Waals surface area (Å²) in [5.41, 5.74) is 1.09. The molecule has 2 N–H and O–H groups in total. The number of ether oxygens (including phenoxy) is 1. The van der Waals surface area contributed by atoms with Crippen LogP contribution in [0.1, 0.15) is 19.4 Å². The van der Waals surface area contributed by atoms with Crippen molar-refractivity contribution in [1.29, 1.82) is 0 Å². The number of rotatable bonds is 6. The molecule has 0 aliphatic carbocycles. The maximum atomic E-state index is 11.8. The number of benzene rings is 1. The quantitative estimate of drug-likeness (QED) is 0.827. The summed E-state index contributed by atoms with van der Waals surface area (Å²) in [6, 6.07) is 5.61. The average molecular weight is 343 g/mol. The average Bonchev–Trinajstić information content (AvgIpc) is 2.39. The molecular weight excluding hydrogens is 324 g/mol. The second-order valence-corrected chi connectivity index (χ2v) is 5.22. The van der Waals surface area contributed by atoms with E-state index in [1.807, 2.05) is 26.0 Å². The van der Waals surface area contributed by atoms with Gasteiger partial charge in [0, 0.05) is 6.54 Å². The molecule has 0 aromatic heterocycles. The van der Waals surface area contributed by atoms with Gasteiger partial charge in [-0.1, -0.05) is 6.07 Å². The van der Waals surface area contributed by atoms with E-state index in [4.69, 9.17) is 4.74 Å². The first-order chi connectivity index (χ1) is 9.43. The Balaban J connectivity index is 2.51. The molecule has 2 amide bonds. The monoisotopic (exact) mass is 342 g/mol. The van der Waals surface area contributed by atoms with Gasteiger partial charge < -0.3 is 15.4 Å². The van der Waals surface area contributed by atoms with Crippen LogP contribution in [0, 0.1) is 6.92 Å². The van der Waals surface area contributed by atoms with Crippen LogP contribution in [0.15, 0.2) is 22.7 Å². The number of carbonyl (C=O) groups is 2. The Morgan fingerprint density at radius 1 is 1.35 bits per heavy atom. The highest BCUT2D eigenvalue weighted by molar-refractivity contribution is 9.10. The molecule has 0 radical (unpaired) electrons. The Bertz CT molecular complexity index is 491. The summed E-state index contributed by atoms with van der Waals surface area (Å²) in [5.74, 6) is 0.0459. The Hall–Kier alpha value is -1.56. The number of carbonyl (C=O) groups excluding carboxylic acids is 2. The summed E-state index contributed by atoms with van der Waals surface area (Å²) in [6.07, 6.45) is -0.677. The fourth-order valence-corrected chi connectivity index (χ4v) is 2.10. The molecule has 1 atom stereocenters. The van der Waals surface area contributed by atoms with Gasteiger partial charge in [0.1, 0.15) is 5.75 Å². The molecule has 0 spiro atoms. The smallest absolute Gasteiger partial charge is 0.261 e. The third kappa shape index (κ3) is 5.21. The fraction of sp³-hybridized carbons (Fsp3) is 0.429. The van der Waals surface area contributed by atoms with Crippen molar-refractivity contribution < 1.29 is 14.3 Å². The summed E-state index contributed by atoms with van der Waals surface area (Å²) in [6.45, 7) is 5.92. The van der Waals surface area contributed by atoms with Crippen molar-refractivity contribution in [2.75, 3.05) is 13.1 Å². The van der Waals surface area contributed by atoms with Crippen LogP contribution in [0.4, 0.5) is 0 Å². The number of aryl methyl sites for hydroxylation is 1. The lowest BCUT2D eigenvalue weighted by Gasteiger charge is -2.15. The highest BCUT2D eigenvalue weighted by Crippen LogP contribution is 2.26. The molecule has 20 heavy (non-hydrogen) atoms. The minimum Gasteiger partial charge on any atom is -0.480 e. The number of hydrogen-bond donors (Lipinski definition) is 2. The van der Waals surface area contributed by atoms with Crippen molar-refractivity contribution >= 4 is 27.7 Å². The summed E-state index contributed by atoms with van der Waals surface area (Å²) in [4.78, 5) is 23.0. The molecule has 0 saturated heterocycles. The van der Waals surface area contributed by atoms with E-state index in [1.54, 1.807) is 13.0 Å².